The molecule has 0 unspecified atom stereocenters. The number of aliphatic imine (C=N–C) groups is 1. The molecule has 4 rings (SSSR count). The van der Waals surface area contributed by atoms with E-state index in [4.69, 9.17) is 0 Å². The molecule has 2 amide bonds. The Morgan fingerprint density at radius 2 is 1.96 bits per heavy atom. The third-order valence-corrected chi connectivity index (χ3v) is 4.53. The lowest BCUT2D eigenvalue weighted by molar-refractivity contribution is 0.262. The molecule has 0 atom stereocenters. The summed E-state index contributed by atoms with van der Waals surface area (Å²) in [6.07, 6.45) is 3.24. The number of rotatable bonds is 4. The molecule has 7 nitrogen and oxygen atoms in total. The number of benzene rings is 2. The van der Waals surface area contributed by atoms with Crippen LogP contribution in [0.3, 0.4) is 0 Å². The molecule has 4 aromatic rings. The van der Waals surface area contributed by atoms with Crippen molar-refractivity contribution in [2.24, 2.45) is 4.99 Å². The third kappa shape index (κ3) is 3.80. The van der Waals surface area contributed by atoms with Crippen molar-refractivity contribution < 1.29 is 9.90 Å². The summed E-state index contributed by atoms with van der Waals surface area (Å²) >= 11 is 1.35. The maximum atomic E-state index is 11.9. The molecular formula is C19H15N5O2S. The maximum Gasteiger partial charge on any atom is 0.325 e. The molecular weight excluding hydrogens is 362 g/mol. The van der Waals surface area contributed by atoms with Crippen LogP contribution in [-0.2, 0) is 0 Å². The lowest BCUT2D eigenvalue weighted by Crippen LogP contribution is -2.19. The molecule has 2 aromatic carbocycles. The van der Waals surface area contributed by atoms with Gasteiger partial charge in [-0.1, -0.05) is 18.2 Å². The van der Waals surface area contributed by atoms with Crippen LogP contribution in [0.25, 0.3) is 10.9 Å². The molecule has 0 spiro atoms. The third-order valence-electron chi connectivity index (χ3n) is 3.85. The molecule has 0 saturated heterocycles. The number of fused-ring (bicyclic) bond motifs is 1. The number of para-hydroxylation sites is 1. The van der Waals surface area contributed by atoms with Gasteiger partial charge in [-0.15, -0.1) is 11.3 Å². The molecule has 27 heavy (non-hydrogen) atoms. The minimum atomic E-state index is -0.357. The van der Waals surface area contributed by atoms with Gasteiger partial charge in [-0.05, 0) is 30.3 Å². The summed E-state index contributed by atoms with van der Waals surface area (Å²) in [5, 5.41) is 18.7. The van der Waals surface area contributed by atoms with Crippen molar-refractivity contribution in [3.05, 3.63) is 65.7 Å². The van der Waals surface area contributed by atoms with Crippen molar-refractivity contribution >= 4 is 51.0 Å². The van der Waals surface area contributed by atoms with E-state index in [2.05, 4.69) is 25.6 Å². The number of nitrogens with zero attached hydrogens (tertiary/aromatic N) is 2. The van der Waals surface area contributed by atoms with Crippen LogP contribution in [0.15, 0.2) is 65.1 Å². The van der Waals surface area contributed by atoms with Crippen molar-refractivity contribution in [2.45, 2.75) is 0 Å². The van der Waals surface area contributed by atoms with Crippen molar-refractivity contribution in [2.75, 3.05) is 10.6 Å². The first-order valence-electron chi connectivity index (χ1n) is 8.10. The van der Waals surface area contributed by atoms with Crippen LogP contribution in [0.2, 0.25) is 0 Å². The first-order chi connectivity index (χ1) is 13.2. The number of anilines is 2. The summed E-state index contributed by atoms with van der Waals surface area (Å²) in [5.74, 6) is 0.0806. The lowest BCUT2D eigenvalue weighted by atomic mass is 10.2. The molecule has 8 heteroatoms. The molecule has 2 heterocycles. The van der Waals surface area contributed by atoms with Crippen LogP contribution < -0.4 is 10.6 Å². The molecule has 0 aliphatic heterocycles. The van der Waals surface area contributed by atoms with E-state index in [0.717, 1.165) is 10.9 Å². The van der Waals surface area contributed by atoms with Gasteiger partial charge in [0, 0.05) is 34.4 Å². The highest BCUT2D eigenvalue weighted by Crippen LogP contribution is 2.26. The highest BCUT2D eigenvalue weighted by molar-refractivity contribution is 7.13. The second kappa shape index (κ2) is 7.30. The molecule has 0 aliphatic rings. The van der Waals surface area contributed by atoms with Crippen LogP contribution in [0.1, 0.15) is 5.56 Å². The number of nitrogens with one attached hydrogen (secondary N) is 3. The van der Waals surface area contributed by atoms with Gasteiger partial charge in [0.1, 0.15) is 0 Å². The van der Waals surface area contributed by atoms with Crippen molar-refractivity contribution in [1.29, 1.82) is 0 Å². The van der Waals surface area contributed by atoms with Crippen LogP contribution >= 0.6 is 11.3 Å². The number of aromatic hydroxyl groups is 1. The van der Waals surface area contributed by atoms with Gasteiger partial charge in [0.15, 0.2) is 11.0 Å². The number of aromatic nitrogens is 2. The summed E-state index contributed by atoms with van der Waals surface area (Å²) in [6.45, 7) is 0. The van der Waals surface area contributed by atoms with Gasteiger partial charge in [-0.2, -0.15) is 0 Å². The number of carbonyl (C=O) groups excluding carboxylic acids is 1. The Balaban J connectivity index is 1.45. The Labute approximate surface area is 158 Å². The first kappa shape index (κ1) is 16.8. The summed E-state index contributed by atoms with van der Waals surface area (Å²) < 4.78 is 0. The second-order valence-corrected chi connectivity index (χ2v) is 6.55. The van der Waals surface area contributed by atoms with E-state index in [9.17, 15) is 9.90 Å². The monoisotopic (exact) mass is 377 g/mol. The number of thiazole rings is 1. The van der Waals surface area contributed by atoms with E-state index in [1.165, 1.54) is 11.3 Å². The number of H-pyrrole nitrogens is 1. The highest BCUT2D eigenvalue weighted by atomic mass is 32.1. The van der Waals surface area contributed by atoms with Crippen molar-refractivity contribution in [1.82, 2.24) is 9.97 Å². The number of amides is 2. The minimum absolute atomic E-state index is 0.0806. The van der Waals surface area contributed by atoms with Gasteiger partial charge in [0.2, 0.25) is 0 Å². The quantitative estimate of drug-likeness (QED) is 0.387. The zero-order chi connectivity index (χ0) is 18.6. The molecule has 0 saturated carbocycles. The lowest BCUT2D eigenvalue weighted by Gasteiger charge is -2.05. The molecule has 134 valence electrons. The van der Waals surface area contributed by atoms with Gasteiger partial charge < -0.3 is 15.4 Å². The van der Waals surface area contributed by atoms with E-state index in [-0.39, 0.29) is 11.9 Å². The fourth-order valence-electron chi connectivity index (χ4n) is 2.59. The van der Waals surface area contributed by atoms with Crippen LogP contribution in [0.4, 0.5) is 21.3 Å². The minimum Gasteiger partial charge on any atom is -0.494 e. The fraction of sp³-hybridized carbons (Fsp3) is 0. The number of hydrogen-bond acceptors (Lipinski definition) is 5. The Kier molecular flexibility index (Phi) is 4.54. The molecule has 4 N–H and O–H groups in total. The average molecular weight is 377 g/mol. The molecule has 0 bridgehead atoms. The number of urea groups is 1. The molecule has 0 radical (unpaired) electrons. The summed E-state index contributed by atoms with van der Waals surface area (Å²) in [7, 11) is 0. The predicted octanol–water partition coefficient (Wildman–Crippen LogP) is 4.72. The zero-order valence-corrected chi connectivity index (χ0v) is 14.8. The van der Waals surface area contributed by atoms with Gasteiger partial charge >= 0.3 is 6.03 Å². The largest absolute Gasteiger partial charge is 0.494 e. The van der Waals surface area contributed by atoms with Gasteiger partial charge in [0.25, 0.3) is 0 Å². The average Bonchev–Trinajstić information content (AvgIpc) is 3.28. The number of hydrogen-bond donors (Lipinski definition) is 4. The molecule has 2 aromatic heterocycles. The van der Waals surface area contributed by atoms with E-state index < -0.39 is 0 Å². The van der Waals surface area contributed by atoms with Crippen molar-refractivity contribution in [3.63, 3.8) is 0 Å². The van der Waals surface area contributed by atoms with Crippen molar-refractivity contribution in [3.8, 4) is 5.88 Å². The zero-order valence-electron chi connectivity index (χ0n) is 14.0. The number of aromatic amines is 1. The normalized spacial score (nSPS) is 11.1. The summed E-state index contributed by atoms with van der Waals surface area (Å²) in [4.78, 5) is 23.2. The summed E-state index contributed by atoms with van der Waals surface area (Å²) in [5.41, 5.74) is 2.82. The highest BCUT2D eigenvalue weighted by Gasteiger charge is 2.08. The van der Waals surface area contributed by atoms with E-state index in [0.29, 0.717) is 22.1 Å². The van der Waals surface area contributed by atoms with E-state index in [1.807, 2.05) is 24.3 Å². The maximum absolute atomic E-state index is 11.9. The van der Waals surface area contributed by atoms with Crippen LogP contribution in [-0.4, -0.2) is 27.3 Å². The molecule has 0 fully saturated rings. The first-order valence-corrected chi connectivity index (χ1v) is 8.98. The van der Waals surface area contributed by atoms with E-state index in [1.54, 1.807) is 42.1 Å². The Bertz CT molecular complexity index is 1100. The Hall–Kier alpha value is -3.65. The standard InChI is InChI=1S/C19H15N5O2S/c25-17-15(14-3-1-2-4-16(14)23-17)11-21-12-5-7-13(8-6-12)22-18(26)24-19-20-9-10-27-19/h1-11,23,25H,(H2,20,22,24,26). The smallest absolute Gasteiger partial charge is 0.325 e. The molecule has 0 aliphatic carbocycles. The van der Waals surface area contributed by atoms with Gasteiger partial charge in [-0.25, -0.2) is 9.78 Å². The van der Waals surface area contributed by atoms with Crippen LogP contribution in [0.5, 0.6) is 5.88 Å². The van der Waals surface area contributed by atoms with Gasteiger partial charge in [0.05, 0.1) is 11.3 Å². The number of carbonyl (C=O) groups is 1. The SMILES string of the molecule is O=C(Nc1ccc(N=Cc2c(O)[nH]c3ccccc23)cc1)Nc1nccs1. The second-order valence-electron chi connectivity index (χ2n) is 5.65. The van der Waals surface area contributed by atoms with E-state index >= 15 is 0 Å². The Morgan fingerprint density at radius 1 is 1.15 bits per heavy atom. The van der Waals surface area contributed by atoms with Gasteiger partial charge in [-0.3, -0.25) is 10.3 Å². The topological polar surface area (TPSA) is 102 Å². The fourth-order valence-corrected chi connectivity index (χ4v) is 3.12. The predicted molar refractivity (Wildman–Crippen MR) is 108 cm³/mol. The van der Waals surface area contributed by atoms with Crippen LogP contribution in [0, 0.1) is 0 Å². The summed E-state index contributed by atoms with van der Waals surface area (Å²) in [6, 6.07) is 14.3. The Morgan fingerprint density at radius 3 is 2.74 bits per heavy atom.